The van der Waals surface area contributed by atoms with E-state index in [1.54, 1.807) is 0 Å². The van der Waals surface area contributed by atoms with Crippen LogP contribution >= 0.6 is 0 Å². The van der Waals surface area contributed by atoms with E-state index in [0.717, 1.165) is 0 Å². The van der Waals surface area contributed by atoms with Gasteiger partial charge in [-0.15, -0.1) is 0 Å². The van der Waals surface area contributed by atoms with Crippen molar-refractivity contribution < 1.29 is 102 Å². The predicted molar refractivity (Wildman–Crippen MR) is 31.0 cm³/mol. The van der Waals surface area contributed by atoms with Crippen molar-refractivity contribution in [1.82, 2.24) is 0 Å². The fraction of sp³-hybridized carbons (Fsp3) is 0.600. The Morgan fingerprint density at radius 2 is 2.00 bits per heavy atom. The van der Waals surface area contributed by atoms with E-state index in [2.05, 4.69) is 0 Å². The first kappa shape index (κ1) is 19.2. The largest absolute Gasteiger partial charge is 1.00 e. The Hall–Kier alpha value is 1.54. The molecule has 0 saturated heterocycles. The number of nitrogens with two attached hydrogens (primary N) is 1. The van der Waals surface area contributed by atoms with Gasteiger partial charge in [0.2, 0.25) is 0 Å². The molecule has 0 aromatic heterocycles. The van der Waals surface area contributed by atoms with Gasteiger partial charge in [-0.3, -0.25) is 4.79 Å². The van der Waals surface area contributed by atoms with Crippen LogP contribution in [-0.4, -0.2) is 23.1 Å². The third kappa shape index (κ3) is 11.5. The molecule has 0 fully saturated rings. The Morgan fingerprint density at radius 1 is 1.58 bits per heavy atom. The molecule has 5 nitrogen and oxygen atoms in total. The minimum absolute atomic E-state index is 0. The van der Waals surface area contributed by atoms with Crippen LogP contribution in [0.3, 0.4) is 0 Å². The quantitative estimate of drug-likeness (QED) is 0.448. The fourth-order valence-corrected chi connectivity index (χ4v) is 0.397. The van der Waals surface area contributed by atoms with Gasteiger partial charge in [-0.2, -0.15) is 0 Å². The number of hydrogen-bond acceptors (Lipinski definition) is 4. The maximum absolute atomic E-state index is 9.88. The first-order valence-corrected chi connectivity index (χ1v) is 2.72. The van der Waals surface area contributed by atoms with Crippen LogP contribution in [0.4, 0.5) is 0 Å². The van der Waals surface area contributed by atoms with Gasteiger partial charge in [0.15, 0.2) is 0 Å². The van der Waals surface area contributed by atoms with E-state index in [-0.39, 0.29) is 95.2 Å². The normalized spacial score (nSPS) is 10.4. The summed E-state index contributed by atoms with van der Waals surface area (Å²) in [6.07, 6.45) is -0.327. The number of rotatable bonds is 4. The first-order valence-electron chi connectivity index (χ1n) is 2.72. The average molecular weight is 209 g/mol. The molecule has 60 valence electrons. The Labute approximate surface area is 136 Å². The van der Waals surface area contributed by atoms with Gasteiger partial charge in [-0.1, -0.05) is 0 Å². The van der Waals surface area contributed by atoms with Crippen molar-refractivity contribution in [3.05, 3.63) is 0 Å². The van der Waals surface area contributed by atoms with E-state index in [1.807, 2.05) is 0 Å². The average Bonchev–Trinajstić information content (AvgIpc) is 1.82. The maximum Gasteiger partial charge on any atom is 1.00 e. The molecule has 0 radical (unpaired) electrons. The van der Waals surface area contributed by atoms with Crippen LogP contribution in [0.1, 0.15) is 14.3 Å². The summed E-state index contributed by atoms with van der Waals surface area (Å²) < 4.78 is 0. The number of hydrogen-bond donors (Lipinski definition) is 2. The van der Waals surface area contributed by atoms with Gasteiger partial charge >= 0.3 is 86.9 Å². The molecule has 7 heteroatoms. The summed E-state index contributed by atoms with van der Waals surface area (Å²) in [5.74, 6) is -2.47. The summed E-state index contributed by atoms with van der Waals surface area (Å²) in [5, 5.41) is 18.0. The summed E-state index contributed by atoms with van der Waals surface area (Å²) in [6, 6.07) is -1.17. The van der Waals surface area contributed by atoms with Crippen molar-refractivity contribution in [2.75, 3.05) is 0 Å². The molecule has 12 heavy (non-hydrogen) atoms. The van der Waals surface area contributed by atoms with Crippen molar-refractivity contribution in [2.24, 2.45) is 5.73 Å². The Morgan fingerprint density at radius 3 is 2.25 bits per heavy atom. The van der Waals surface area contributed by atoms with Gasteiger partial charge in [0.25, 0.3) is 0 Å². The molecule has 0 saturated carbocycles. The number of carboxylic acids is 2. The number of aliphatic carboxylic acids is 2. The molecular formula is C5H9KNNaO4. The summed E-state index contributed by atoms with van der Waals surface area (Å²) in [7, 11) is 0. The molecule has 0 aromatic carbocycles. The first-order chi connectivity index (χ1) is 4.54. The molecule has 1 atom stereocenters. The van der Waals surface area contributed by atoms with Gasteiger partial charge in [-0.05, 0) is 6.42 Å². The smallest absolute Gasteiger partial charge is 1.00 e. The second kappa shape index (κ2) is 10.6. The molecule has 0 bridgehead atoms. The third-order valence-electron chi connectivity index (χ3n) is 0.972. The Balaban J connectivity index is -0.000000135. The topological polar surface area (TPSA) is 103 Å². The number of carboxylic acid groups (broad SMARTS) is 2. The maximum atomic E-state index is 9.88. The SMILES string of the molecule is NC(CCC(=O)O)C(=O)[O-].[H-].[K+].[Na+]. The van der Waals surface area contributed by atoms with Crippen molar-refractivity contribution >= 4 is 11.9 Å². The minimum atomic E-state index is -1.42. The molecular weight excluding hydrogens is 200 g/mol. The fourth-order valence-electron chi connectivity index (χ4n) is 0.397. The molecule has 3 N–H and O–H groups in total. The molecule has 0 heterocycles. The molecule has 0 aliphatic heterocycles. The second-order valence-electron chi connectivity index (χ2n) is 1.86. The van der Waals surface area contributed by atoms with Crippen LogP contribution in [0.25, 0.3) is 0 Å². The zero-order valence-corrected chi connectivity index (χ0v) is 12.4. The summed E-state index contributed by atoms with van der Waals surface area (Å²) >= 11 is 0. The van der Waals surface area contributed by atoms with Gasteiger partial charge in [0.1, 0.15) is 0 Å². The van der Waals surface area contributed by atoms with E-state index in [4.69, 9.17) is 10.8 Å². The van der Waals surface area contributed by atoms with Crippen LogP contribution in [0, 0.1) is 0 Å². The van der Waals surface area contributed by atoms with Crippen LogP contribution in [-0.2, 0) is 9.59 Å². The minimum Gasteiger partial charge on any atom is -1.00 e. The molecule has 1 unspecified atom stereocenters. The van der Waals surface area contributed by atoms with Crippen molar-refractivity contribution in [1.29, 1.82) is 0 Å². The monoisotopic (exact) mass is 209 g/mol. The molecule has 0 spiro atoms. The molecule has 0 aromatic rings. The van der Waals surface area contributed by atoms with Gasteiger partial charge in [0, 0.05) is 12.5 Å². The van der Waals surface area contributed by atoms with Crippen LogP contribution in [0.15, 0.2) is 0 Å². The van der Waals surface area contributed by atoms with Gasteiger partial charge in [-0.25, -0.2) is 0 Å². The Kier molecular flexibility index (Phi) is 17.0. The zero-order chi connectivity index (χ0) is 8.15. The molecule has 0 rings (SSSR count). The predicted octanol–water partition coefficient (Wildman–Crippen LogP) is -7.95. The standard InChI is InChI=1S/C5H9NO4.K.Na.H/c6-3(5(9)10)1-2-4(7)8;;;/h3H,1-2,6H2,(H,7,8)(H,9,10);;;/q;2*+1;-1/p-1. The van der Waals surface area contributed by atoms with E-state index < -0.39 is 18.0 Å². The number of carbonyl (C=O) groups excluding carboxylic acids is 1. The van der Waals surface area contributed by atoms with E-state index in [0.29, 0.717) is 0 Å². The van der Waals surface area contributed by atoms with E-state index in [9.17, 15) is 14.7 Å². The van der Waals surface area contributed by atoms with Gasteiger partial charge < -0.3 is 22.2 Å². The van der Waals surface area contributed by atoms with Crippen molar-refractivity contribution in [3.8, 4) is 0 Å². The second-order valence-corrected chi connectivity index (χ2v) is 1.86. The van der Waals surface area contributed by atoms with E-state index >= 15 is 0 Å². The molecule has 0 amide bonds. The van der Waals surface area contributed by atoms with Crippen LogP contribution < -0.4 is 91.8 Å². The van der Waals surface area contributed by atoms with Crippen molar-refractivity contribution in [3.63, 3.8) is 0 Å². The van der Waals surface area contributed by atoms with E-state index in [1.165, 1.54) is 0 Å². The van der Waals surface area contributed by atoms with Crippen molar-refractivity contribution in [2.45, 2.75) is 18.9 Å². The summed E-state index contributed by atoms with van der Waals surface area (Å²) in [5.41, 5.74) is 4.94. The van der Waals surface area contributed by atoms with Crippen LogP contribution in [0.5, 0.6) is 0 Å². The third-order valence-corrected chi connectivity index (χ3v) is 0.972. The zero-order valence-electron chi connectivity index (χ0n) is 8.24. The van der Waals surface area contributed by atoms with Gasteiger partial charge in [0.05, 0.1) is 5.97 Å². The number of carbonyl (C=O) groups is 2. The summed E-state index contributed by atoms with van der Waals surface area (Å²) in [6.45, 7) is 0. The van der Waals surface area contributed by atoms with Crippen LogP contribution in [0.2, 0.25) is 0 Å². The molecule has 0 aliphatic rings. The molecule has 0 aliphatic carbocycles. The summed E-state index contributed by atoms with van der Waals surface area (Å²) in [4.78, 5) is 19.7. The Bertz CT molecular complexity index is 159.